The van der Waals surface area contributed by atoms with E-state index in [0.717, 1.165) is 0 Å². The zero-order valence-electron chi connectivity index (χ0n) is 13.1. The van der Waals surface area contributed by atoms with Crippen LogP contribution in [0.2, 0.25) is 0 Å². The van der Waals surface area contributed by atoms with Crippen LogP contribution < -0.4 is 14.8 Å². The smallest absolute Gasteiger partial charge is 0.393 e. The van der Waals surface area contributed by atoms with Crippen LogP contribution in [0.4, 0.5) is 13.2 Å². The van der Waals surface area contributed by atoms with E-state index in [0.29, 0.717) is 25.0 Å². The lowest BCUT2D eigenvalue weighted by Crippen LogP contribution is -2.47. The minimum Gasteiger partial charge on any atom is -0.497 e. The molecule has 1 aromatic rings. The highest BCUT2D eigenvalue weighted by molar-refractivity contribution is 5.97. The Morgan fingerprint density at radius 3 is 2.48 bits per heavy atom. The van der Waals surface area contributed by atoms with Gasteiger partial charge in [0.05, 0.1) is 25.7 Å². The van der Waals surface area contributed by atoms with Crippen LogP contribution in [-0.2, 0) is 0 Å². The molecule has 1 aliphatic carbocycles. The SMILES string of the molecule is COc1ccc(C(=O)NC2CCCCC2C(F)(F)F)c(OC)c1. The van der Waals surface area contributed by atoms with Crippen LogP contribution in [0.1, 0.15) is 36.0 Å². The van der Waals surface area contributed by atoms with Gasteiger partial charge in [-0.1, -0.05) is 12.8 Å². The number of methoxy groups -OCH3 is 2. The number of alkyl halides is 3. The molecule has 128 valence electrons. The van der Waals surface area contributed by atoms with Gasteiger partial charge in [0.1, 0.15) is 11.5 Å². The van der Waals surface area contributed by atoms with Crippen LogP contribution in [0.25, 0.3) is 0 Å². The number of halogens is 3. The number of hydrogen-bond donors (Lipinski definition) is 1. The molecule has 2 unspecified atom stereocenters. The molecule has 2 rings (SSSR count). The summed E-state index contributed by atoms with van der Waals surface area (Å²) in [6, 6.07) is 3.68. The predicted octanol–water partition coefficient (Wildman–Crippen LogP) is 3.55. The Labute approximate surface area is 133 Å². The first-order chi connectivity index (χ1) is 10.9. The van der Waals surface area contributed by atoms with E-state index in [1.165, 1.54) is 26.4 Å². The van der Waals surface area contributed by atoms with E-state index in [4.69, 9.17) is 9.47 Å². The molecule has 0 spiro atoms. The Kier molecular flexibility index (Phi) is 5.38. The van der Waals surface area contributed by atoms with Gasteiger partial charge in [-0.15, -0.1) is 0 Å². The molecule has 0 radical (unpaired) electrons. The summed E-state index contributed by atoms with van der Waals surface area (Å²) in [6.07, 6.45) is -2.72. The lowest BCUT2D eigenvalue weighted by Gasteiger charge is -2.33. The maximum Gasteiger partial charge on any atom is 0.393 e. The minimum atomic E-state index is -4.30. The average Bonchev–Trinajstić information content (AvgIpc) is 2.53. The Morgan fingerprint density at radius 2 is 1.87 bits per heavy atom. The molecule has 7 heteroatoms. The van der Waals surface area contributed by atoms with Crippen molar-refractivity contribution in [3.05, 3.63) is 23.8 Å². The Bertz CT molecular complexity index is 560. The highest BCUT2D eigenvalue weighted by Gasteiger charge is 2.46. The first kappa shape index (κ1) is 17.4. The standard InChI is InChI=1S/C16H20F3NO3/c1-22-10-7-8-11(14(9-10)23-2)15(21)20-13-6-4-3-5-12(13)16(17,18)19/h7-9,12-13H,3-6H2,1-2H3,(H,20,21). The fraction of sp³-hybridized carbons (Fsp3) is 0.562. The average molecular weight is 331 g/mol. The molecule has 4 nitrogen and oxygen atoms in total. The van der Waals surface area contributed by atoms with Crippen molar-refractivity contribution in [2.24, 2.45) is 5.92 Å². The summed E-state index contributed by atoms with van der Waals surface area (Å²) in [6.45, 7) is 0. The molecule has 1 amide bonds. The summed E-state index contributed by atoms with van der Waals surface area (Å²) in [5.74, 6) is -1.29. The number of nitrogens with one attached hydrogen (secondary N) is 1. The molecule has 0 saturated heterocycles. The van der Waals surface area contributed by atoms with Crippen molar-refractivity contribution in [1.29, 1.82) is 0 Å². The van der Waals surface area contributed by atoms with Crippen molar-refractivity contribution in [2.45, 2.75) is 37.9 Å². The van der Waals surface area contributed by atoms with Gasteiger partial charge < -0.3 is 14.8 Å². The molecular weight excluding hydrogens is 311 g/mol. The molecule has 2 atom stereocenters. The maximum absolute atomic E-state index is 13.1. The largest absolute Gasteiger partial charge is 0.497 e. The van der Waals surface area contributed by atoms with E-state index in [9.17, 15) is 18.0 Å². The Balaban J connectivity index is 2.17. The van der Waals surface area contributed by atoms with Gasteiger partial charge in [0.2, 0.25) is 0 Å². The van der Waals surface area contributed by atoms with Crippen LogP contribution >= 0.6 is 0 Å². The molecule has 0 heterocycles. The summed E-state index contributed by atoms with van der Waals surface area (Å²) < 4.78 is 49.5. The first-order valence-electron chi connectivity index (χ1n) is 7.46. The summed E-state index contributed by atoms with van der Waals surface area (Å²) in [4.78, 5) is 12.4. The minimum absolute atomic E-state index is 0.0498. The van der Waals surface area contributed by atoms with Crippen LogP contribution in [0.5, 0.6) is 11.5 Å². The lowest BCUT2D eigenvalue weighted by atomic mass is 9.84. The van der Waals surface area contributed by atoms with E-state index >= 15 is 0 Å². The van der Waals surface area contributed by atoms with Crippen molar-refractivity contribution >= 4 is 5.91 Å². The van der Waals surface area contributed by atoms with Gasteiger partial charge >= 0.3 is 6.18 Å². The van der Waals surface area contributed by atoms with Crippen molar-refractivity contribution in [3.63, 3.8) is 0 Å². The number of ether oxygens (including phenoxy) is 2. The molecule has 23 heavy (non-hydrogen) atoms. The van der Waals surface area contributed by atoms with E-state index < -0.39 is 24.0 Å². The summed E-state index contributed by atoms with van der Waals surface area (Å²) in [5.41, 5.74) is 0.194. The van der Waals surface area contributed by atoms with Gasteiger partial charge in [0, 0.05) is 12.1 Å². The normalized spacial score (nSPS) is 21.6. The number of carbonyl (C=O) groups is 1. The molecule has 0 aliphatic heterocycles. The zero-order chi connectivity index (χ0) is 17.0. The lowest BCUT2D eigenvalue weighted by molar-refractivity contribution is -0.187. The molecular formula is C16H20F3NO3. The summed E-state index contributed by atoms with van der Waals surface area (Å²) in [5, 5.41) is 2.52. The van der Waals surface area contributed by atoms with Crippen molar-refractivity contribution < 1.29 is 27.4 Å². The highest BCUT2D eigenvalue weighted by atomic mass is 19.4. The quantitative estimate of drug-likeness (QED) is 0.918. The van der Waals surface area contributed by atoms with E-state index in [1.807, 2.05) is 0 Å². The second-order valence-corrected chi connectivity index (χ2v) is 5.58. The predicted molar refractivity (Wildman–Crippen MR) is 78.8 cm³/mol. The van der Waals surface area contributed by atoms with Crippen molar-refractivity contribution in [3.8, 4) is 11.5 Å². The van der Waals surface area contributed by atoms with Gasteiger partial charge in [-0.2, -0.15) is 13.2 Å². The van der Waals surface area contributed by atoms with Gasteiger partial charge in [-0.3, -0.25) is 4.79 Å². The third-order valence-electron chi connectivity index (χ3n) is 4.16. The third-order valence-corrected chi connectivity index (χ3v) is 4.16. The number of carbonyl (C=O) groups excluding carboxylic acids is 1. The highest BCUT2D eigenvalue weighted by Crippen LogP contribution is 2.38. The topological polar surface area (TPSA) is 47.6 Å². The second-order valence-electron chi connectivity index (χ2n) is 5.58. The van der Waals surface area contributed by atoms with Crippen LogP contribution in [0.15, 0.2) is 18.2 Å². The fourth-order valence-electron chi connectivity index (χ4n) is 2.93. The van der Waals surface area contributed by atoms with Crippen LogP contribution in [-0.4, -0.2) is 32.3 Å². The molecule has 1 aliphatic rings. The monoisotopic (exact) mass is 331 g/mol. The molecule has 1 aromatic carbocycles. The number of rotatable bonds is 4. The molecule has 1 fully saturated rings. The zero-order valence-corrected chi connectivity index (χ0v) is 13.1. The first-order valence-corrected chi connectivity index (χ1v) is 7.46. The molecule has 0 bridgehead atoms. The van der Waals surface area contributed by atoms with Crippen LogP contribution in [0.3, 0.4) is 0 Å². The summed E-state index contributed by atoms with van der Waals surface area (Å²) >= 11 is 0. The van der Waals surface area contributed by atoms with E-state index in [1.54, 1.807) is 6.07 Å². The number of hydrogen-bond acceptors (Lipinski definition) is 3. The van der Waals surface area contributed by atoms with Crippen molar-refractivity contribution in [2.75, 3.05) is 14.2 Å². The maximum atomic E-state index is 13.1. The second kappa shape index (κ2) is 7.10. The van der Waals surface area contributed by atoms with Crippen molar-refractivity contribution in [1.82, 2.24) is 5.32 Å². The third kappa shape index (κ3) is 4.09. The van der Waals surface area contributed by atoms with Gasteiger partial charge in [-0.05, 0) is 25.0 Å². The molecule has 0 aromatic heterocycles. The molecule has 1 saturated carbocycles. The van der Waals surface area contributed by atoms with E-state index in [2.05, 4.69) is 5.32 Å². The Hall–Kier alpha value is -1.92. The van der Waals surface area contributed by atoms with Gasteiger partial charge in [0.25, 0.3) is 5.91 Å². The number of amides is 1. The van der Waals surface area contributed by atoms with E-state index in [-0.39, 0.29) is 17.7 Å². The number of benzene rings is 1. The van der Waals surface area contributed by atoms with Gasteiger partial charge in [-0.25, -0.2) is 0 Å². The fourth-order valence-corrected chi connectivity index (χ4v) is 2.93. The Morgan fingerprint density at radius 1 is 1.17 bits per heavy atom. The van der Waals surface area contributed by atoms with Crippen LogP contribution in [0, 0.1) is 5.92 Å². The molecule has 1 N–H and O–H groups in total. The summed E-state index contributed by atoms with van der Waals surface area (Å²) in [7, 11) is 2.87. The van der Waals surface area contributed by atoms with Gasteiger partial charge in [0.15, 0.2) is 0 Å².